The maximum Gasteiger partial charge on any atom is 0.306 e. The fourth-order valence-electron chi connectivity index (χ4n) is 8.52. The molecule has 0 spiro atoms. The van der Waals surface area contributed by atoms with Gasteiger partial charge in [0.15, 0.2) is 6.10 Å². The number of hydrogen-bond acceptors (Lipinski definition) is 5. The number of unbranched alkanes of at least 4 members (excludes halogenated alkanes) is 30. The molecule has 0 saturated heterocycles. The number of allylic oxidation sites excluding steroid dienone is 14. The van der Waals surface area contributed by atoms with Gasteiger partial charge in [-0.05, 0) is 89.9 Å². The second-order valence-electron chi connectivity index (χ2n) is 19.8. The van der Waals surface area contributed by atoms with Crippen molar-refractivity contribution in [3.63, 3.8) is 0 Å². The molecule has 0 fully saturated rings. The largest absolute Gasteiger partial charge is 0.462 e. The van der Waals surface area contributed by atoms with Gasteiger partial charge in [-0.2, -0.15) is 0 Å². The molecule has 404 valence electrons. The summed E-state index contributed by atoms with van der Waals surface area (Å²) >= 11 is 0. The molecule has 0 rings (SSSR count). The van der Waals surface area contributed by atoms with E-state index in [4.69, 9.17) is 14.2 Å². The van der Waals surface area contributed by atoms with Crippen molar-refractivity contribution in [3.8, 4) is 0 Å². The molecule has 0 radical (unpaired) electrons. The molecule has 0 aromatic heterocycles. The molecular formula is C65H114O5. The van der Waals surface area contributed by atoms with Crippen LogP contribution in [0.3, 0.4) is 0 Å². The Bertz CT molecular complexity index is 1290. The summed E-state index contributed by atoms with van der Waals surface area (Å²) in [4.78, 5) is 25.6. The van der Waals surface area contributed by atoms with Crippen molar-refractivity contribution in [1.29, 1.82) is 0 Å². The van der Waals surface area contributed by atoms with Crippen molar-refractivity contribution < 1.29 is 23.8 Å². The van der Waals surface area contributed by atoms with E-state index in [2.05, 4.69) is 106 Å². The van der Waals surface area contributed by atoms with Gasteiger partial charge in [0.25, 0.3) is 0 Å². The first-order valence-corrected chi connectivity index (χ1v) is 30.1. The quantitative estimate of drug-likeness (QED) is 0.0345. The highest BCUT2D eigenvalue weighted by Crippen LogP contribution is 2.16. The Balaban J connectivity index is 4.30. The topological polar surface area (TPSA) is 61.8 Å². The molecule has 70 heavy (non-hydrogen) atoms. The molecule has 0 N–H and O–H groups in total. The van der Waals surface area contributed by atoms with Gasteiger partial charge in [0.1, 0.15) is 6.61 Å². The van der Waals surface area contributed by atoms with Crippen molar-refractivity contribution in [2.75, 3.05) is 19.8 Å². The molecule has 0 aliphatic carbocycles. The zero-order chi connectivity index (χ0) is 50.6. The Labute approximate surface area is 435 Å². The predicted octanol–water partition coefficient (Wildman–Crippen LogP) is 20.8. The van der Waals surface area contributed by atoms with Gasteiger partial charge in [0, 0.05) is 19.4 Å². The van der Waals surface area contributed by atoms with Crippen LogP contribution in [0.1, 0.15) is 290 Å². The minimum absolute atomic E-state index is 0.0729. The smallest absolute Gasteiger partial charge is 0.306 e. The van der Waals surface area contributed by atoms with E-state index in [0.29, 0.717) is 19.4 Å². The summed E-state index contributed by atoms with van der Waals surface area (Å²) < 4.78 is 17.5. The summed E-state index contributed by atoms with van der Waals surface area (Å²) in [5, 5.41) is 0. The maximum absolute atomic E-state index is 12.9. The second-order valence-corrected chi connectivity index (χ2v) is 19.8. The molecule has 5 heteroatoms. The van der Waals surface area contributed by atoms with Crippen molar-refractivity contribution >= 4 is 11.9 Å². The summed E-state index contributed by atoms with van der Waals surface area (Å²) in [5.41, 5.74) is 0. The van der Waals surface area contributed by atoms with Crippen LogP contribution in [0.25, 0.3) is 0 Å². The Hall–Kier alpha value is -2.92. The Morgan fingerprint density at radius 3 is 1.03 bits per heavy atom. The van der Waals surface area contributed by atoms with Crippen LogP contribution in [0.5, 0.6) is 0 Å². The highest BCUT2D eigenvalue weighted by Gasteiger charge is 2.17. The van der Waals surface area contributed by atoms with Crippen LogP contribution in [0.4, 0.5) is 0 Å². The van der Waals surface area contributed by atoms with E-state index in [1.807, 2.05) is 0 Å². The van der Waals surface area contributed by atoms with E-state index in [1.54, 1.807) is 0 Å². The predicted molar refractivity (Wildman–Crippen MR) is 307 cm³/mol. The first-order chi connectivity index (χ1) is 34.6. The van der Waals surface area contributed by atoms with Gasteiger partial charge in [0.2, 0.25) is 0 Å². The van der Waals surface area contributed by atoms with Gasteiger partial charge in [0.05, 0.1) is 6.61 Å². The van der Waals surface area contributed by atoms with Crippen LogP contribution in [0, 0.1) is 0 Å². The third-order valence-electron chi connectivity index (χ3n) is 12.9. The number of esters is 2. The standard InChI is InChI=1S/C65H114O5/c1-4-7-10-13-16-19-22-25-28-31-33-35-37-40-43-46-49-52-55-58-64(66)69-62-63(61-68-60-57-54-51-48-45-42-39-36-32-29-26-23-20-17-14-11-8-5-2)70-65(67)59-56-53-50-47-44-41-38-34-30-27-24-21-18-15-12-9-6-3/h7,9-10,12,16,18-19,21,25,27-28,30,33,35,63H,4-6,8,11,13-15,17,20,22-24,26,29,31-32,34,36-62H2,1-3H3/b10-7-,12-9-,19-16-,21-18-,28-25-,30-27-,35-33-. The minimum Gasteiger partial charge on any atom is -0.462 e. The molecule has 0 aromatic carbocycles. The Kier molecular flexibility index (Phi) is 57.9. The average molecular weight is 976 g/mol. The van der Waals surface area contributed by atoms with E-state index in [0.717, 1.165) is 109 Å². The fourth-order valence-corrected chi connectivity index (χ4v) is 8.52. The van der Waals surface area contributed by atoms with Crippen molar-refractivity contribution in [2.24, 2.45) is 0 Å². The van der Waals surface area contributed by atoms with Crippen LogP contribution in [-0.2, 0) is 23.8 Å². The average Bonchev–Trinajstić information content (AvgIpc) is 3.36. The summed E-state index contributed by atoms with van der Waals surface area (Å²) in [5.74, 6) is -0.415. The Morgan fingerprint density at radius 2 is 0.643 bits per heavy atom. The van der Waals surface area contributed by atoms with E-state index < -0.39 is 6.10 Å². The molecule has 0 aromatic rings. The van der Waals surface area contributed by atoms with Gasteiger partial charge >= 0.3 is 11.9 Å². The third kappa shape index (κ3) is 57.7. The minimum atomic E-state index is -0.551. The van der Waals surface area contributed by atoms with E-state index in [-0.39, 0.29) is 25.2 Å². The van der Waals surface area contributed by atoms with Crippen molar-refractivity contribution in [3.05, 3.63) is 85.1 Å². The first kappa shape index (κ1) is 67.1. The molecule has 1 unspecified atom stereocenters. The molecular weight excluding hydrogens is 861 g/mol. The summed E-state index contributed by atoms with van der Waals surface area (Å²) in [6.07, 6.45) is 80.4. The van der Waals surface area contributed by atoms with Crippen molar-refractivity contribution in [1.82, 2.24) is 0 Å². The lowest BCUT2D eigenvalue weighted by molar-refractivity contribution is -0.163. The molecule has 0 saturated carbocycles. The number of carbonyl (C=O) groups is 2. The molecule has 0 aliphatic heterocycles. The number of carbonyl (C=O) groups excluding carboxylic acids is 2. The number of rotatable bonds is 55. The van der Waals surface area contributed by atoms with Crippen LogP contribution >= 0.6 is 0 Å². The summed E-state index contributed by atoms with van der Waals surface area (Å²) in [6, 6.07) is 0. The van der Waals surface area contributed by atoms with Gasteiger partial charge < -0.3 is 14.2 Å². The highest BCUT2D eigenvalue weighted by atomic mass is 16.6. The normalized spacial score (nSPS) is 12.8. The second kappa shape index (κ2) is 60.4. The van der Waals surface area contributed by atoms with Gasteiger partial charge in [-0.15, -0.1) is 0 Å². The zero-order valence-electron chi connectivity index (χ0n) is 46.5. The fraction of sp³-hybridized carbons (Fsp3) is 0.754. The molecule has 0 aliphatic rings. The Morgan fingerprint density at radius 1 is 0.329 bits per heavy atom. The zero-order valence-corrected chi connectivity index (χ0v) is 46.5. The van der Waals surface area contributed by atoms with Crippen LogP contribution in [0.15, 0.2) is 85.1 Å². The SMILES string of the molecule is CC/C=C\C/C=C\C/C=C\C/C=C\CCCCCCCCC(=O)OCC(COCCCCCCCCCCCCCCCCCCCC)OC(=O)CCCCCCCCC/C=C\C/C=C\C/C=C\CC. The highest BCUT2D eigenvalue weighted by molar-refractivity contribution is 5.70. The summed E-state index contributed by atoms with van der Waals surface area (Å²) in [6.45, 7) is 7.62. The van der Waals surface area contributed by atoms with Crippen LogP contribution in [-0.4, -0.2) is 37.9 Å². The molecule has 0 amide bonds. The van der Waals surface area contributed by atoms with E-state index in [1.165, 1.54) is 148 Å². The van der Waals surface area contributed by atoms with Gasteiger partial charge in [-0.25, -0.2) is 0 Å². The van der Waals surface area contributed by atoms with E-state index >= 15 is 0 Å². The first-order valence-electron chi connectivity index (χ1n) is 30.1. The number of ether oxygens (including phenoxy) is 3. The van der Waals surface area contributed by atoms with Crippen LogP contribution < -0.4 is 0 Å². The van der Waals surface area contributed by atoms with Crippen molar-refractivity contribution in [2.45, 2.75) is 297 Å². The maximum atomic E-state index is 12.9. The lowest BCUT2D eigenvalue weighted by Crippen LogP contribution is -2.30. The lowest BCUT2D eigenvalue weighted by Gasteiger charge is -2.18. The third-order valence-corrected chi connectivity index (χ3v) is 12.9. The molecule has 5 nitrogen and oxygen atoms in total. The van der Waals surface area contributed by atoms with Gasteiger partial charge in [-0.1, -0.05) is 273 Å². The lowest BCUT2D eigenvalue weighted by atomic mass is 10.0. The summed E-state index contributed by atoms with van der Waals surface area (Å²) in [7, 11) is 0. The van der Waals surface area contributed by atoms with Crippen LogP contribution in [0.2, 0.25) is 0 Å². The monoisotopic (exact) mass is 975 g/mol. The van der Waals surface area contributed by atoms with Gasteiger partial charge in [-0.3, -0.25) is 9.59 Å². The molecule has 0 bridgehead atoms. The molecule has 0 heterocycles. The number of hydrogen-bond donors (Lipinski definition) is 0. The van der Waals surface area contributed by atoms with E-state index in [9.17, 15) is 9.59 Å². The molecule has 1 atom stereocenters.